The third-order valence-electron chi connectivity index (χ3n) is 4.27. The van der Waals surface area contributed by atoms with Crippen LogP contribution in [0.1, 0.15) is 16.1 Å². The van der Waals surface area contributed by atoms with Gasteiger partial charge in [-0.2, -0.15) is 0 Å². The van der Waals surface area contributed by atoms with E-state index in [1.54, 1.807) is 48.5 Å². The van der Waals surface area contributed by atoms with E-state index in [0.29, 0.717) is 34.8 Å². The number of likely N-dealkylation sites (N-methyl/N-ethyl adjacent to an activating group) is 1. The summed E-state index contributed by atoms with van der Waals surface area (Å²) in [6.45, 7) is 0.920. The third-order valence-corrected chi connectivity index (χ3v) is 4.52. The highest BCUT2D eigenvalue weighted by molar-refractivity contribution is 6.30. The minimum atomic E-state index is -0.550. The summed E-state index contributed by atoms with van der Waals surface area (Å²) in [6.07, 6.45) is 2.85. The number of ether oxygens (including phenoxy) is 1. The van der Waals surface area contributed by atoms with Crippen LogP contribution in [0.15, 0.2) is 63.8 Å². The zero-order valence-corrected chi connectivity index (χ0v) is 17.8. The largest absolute Gasteiger partial charge is 0.461 e. The maximum atomic E-state index is 12.5. The molecule has 0 saturated carbocycles. The first-order chi connectivity index (χ1) is 14.8. The number of halogens is 1. The summed E-state index contributed by atoms with van der Waals surface area (Å²) in [5.74, 6) is -1.13. The van der Waals surface area contributed by atoms with Gasteiger partial charge in [-0.3, -0.25) is 9.59 Å². The van der Waals surface area contributed by atoms with Crippen LogP contribution in [0.25, 0.3) is 17.0 Å². The number of carbonyl (C=O) groups excluding carboxylic acids is 2. The highest BCUT2D eigenvalue weighted by atomic mass is 35.5. The van der Waals surface area contributed by atoms with Gasteiger partial charge in [-0.1, -0.05) is 17.7 Å². The van der Waals surface area contributed by atoms with Gasteiger partial charge in [-0.15, -0.1) is 0 Å². The number of hydrogen-bond acceptors (Lipinski definition) is 6. The second-order valence-electron chi connectivity index (χ2n) is 7.00. The van der Waals surface area contributed by atoms with Crippen LogP contribution in [0.2, 0.25) is 5.02 Å². The summed E-state index contributed by atoms with van der Waals surface area (Å²) in [5, 5.41) is 3.49. The van der Waals surface area contributed by atoms with Crippen molar-refractivity contribution >= 4 is 46.2 Å². The summed E-state index contributed by atoms with van der Waals surface area (Å²) in [5.41, 5.74) is 1.05. The van der Waals surface area contributed by atoms with Gasteiger partial charge in [0.25, 0.3) is 5.91 Å². The number of anilines is 1. The molecule has 160 valence electrons. The number of amides is 1. The van der Waals surface area contributed by atoms with Crippen LogP contribution in [-0.2, 0) is 9.53 Å². The van der Waals surface area contributed by atoms with Crippen molar-refractivity contribution in [2.45, 2.75) is 0 Å². The molecule has 0 spiro atoms. The molecule has 0 aliphatic rings. The molecule has 3 aromatic rings. The SMILES string of the molecule is CN(C)CCOC(=O)/C=C/c1ccc2oc(C(=O)Nc3ccc(Cl)cc3)cc(=O)c2c1. The molecule has 0 bridgehead atoms. The molecule has 0 aliphatic carbocycles. The highest BCUT2D eigenvalue weighted by Gasteiger charge is 2.13. The van der Waals surface area contributed by atoms with Crippen LogP contribution in [0.4, 0.5) is 5.69 Å². The molecule has 3 rings (SSSR count). The van der Waals surface area contributed by atoms with Gasteiger partial charge < -0.3 is 19.4 Å². The Bertz CT molecular complexity index is 1180. The Morgan fingerprint density at radius 3 is 2.58 bits per heavy atom. The van der Waals surface area contributed by atoms with Crippen LogP contribution < -0.4 is 10.7 Å². The highest BCUT2D eigenvalue weighted by Crippen LogP contribution is 2.18. The molecule has 7 nitrogen and oxygen atoms in total. The van der Waals surface area contributed by atoms with Crippen molar-refractivity contribution < 1.29 is 18.7 Å². The molecule has 1 aromatic heterocycles. The summed E-state index contributed by atoms with van der Waals surface area (Å²) in [4.78, 5) is 38.6. The summed E-state index contributed by atoms with van der Waals surface area (Å²) in [7, 11) is 3.77. The zero-order valence-electron chi connectivity index (χ0n) is 17.1. The first kappa shape index (κ1) is 22.3. The predicted molar refractivity (Wildman–Crippen MR) is 120 cm³/mol. The molecule has 0 radical (unpaired) electrons. The lowest BCUT2D eigenvalue weighted by Crippen LogP contribution is -2.19. The van der Waals surface area contributed by atoms with E-state index in [2.05, 4.69) is 5.32 Å². The normalized spacial score (nSPS) is 11.2. The second-order valence-corrected chi connectivity index (χ2v) is 7.43. The molecule has 0 atom stereocenters. The molecule has 2 aromatic carbocycles. The van der Waals surface area contributed by atoms with Gasteiger partial charge in [0.1, 0.15) is 12.2 Å². The van der Waals surface area contributed by atoms with Crippen molar-refractivity contribution in [1.29, 1.82) is 0 Å². The Morgan fingerprint density at radius 2 is 1.87 bits per heavy atom. The first-order valence-corrected chi connectivity index (χ1v) is 9.84. The quantitative estimate of drug-likeness (QED) is 0.444. The number of nitrogens with zero attached hydrogens (tertiary/aromatic N) is 1. The van der Waals surface area contributed by atoms with E-state index in [1.165, 1.54) is 6.08 Å². The van der Waals surface area contributed by atoms with Crippen molar-refractivity contribution in [1.82, 2.24) is 4.90 Å². The van der Waals surface area contributed by atoms with Crippen molar-refractivity contribution in [3.8, 4) is 0 Å². The molecule has 0 aliphatic heterocycles. The van der Waals surface area contributed by atoms with E-state index in [-0.39, 0.29) is 16.8 Å². The summed E-state index contributed by atoms with van der Waals surface area (Å²) in [6, 6.07) is 12.5. The summed E-state index contributed by atoms with van der Waals surface area (Å²) < 4.78 is 10.7. The number of hydrogen-bond donors (Lipinski definition) is 1. The minimum absolute atomic E-state index is 0.111. The van der Waals surface area contributed by atoms with Crippen LogP contribution >= 0.6 is 11.6 Å². The molecule has 0 saturated heterocycles. The number of rotatable bonds is 7. The standard InChI is InChI=1S/C23H21ClN2O5/c1-26(2)11-12-30-22(28)10-4-15-3-9-20-18(13-15)19(27)14-21(31-20)23(29)25-17-7-5-16(24)6-8-17/h3-10,13-14H,11-12H2,1-2H3,(H,25,29)/b10-4+. The van der Waals surface area contributed by atoms with E-state index >= 15 is 0 Å². The molecule has 1 amide bonds. The maximum absolute atomic E-state index is 12.5. The topological polar surface area (TPSA) is 88.8 Å². The lowest BCUT2D eigenvalue weighted by atomic mass is 10.1. The van der Waals surface area contributed by atoms with Crippen molar-refractivity contribution in [2.75, 3.05) is 32.6 Å². The molecule has 0 fully saturated rings. The smallest absolute Gasteiger partial charge is 0.330 e. The van der Waals surface area contributed by atoms with Crippen molar-refractivity contribution in [3.05, 3.63) is 81.2 Å². The predicted octanol–water partition coefficient (Wildman–Crippen LogP) is 3.82. The number of nitrogens with one attached hydrogen (secondary N) is 1. The Labute approximate surface area is 183 Å². The Kier molecular flexibility index (Phi) is 7.23. The third kappa shape index (κ3) is 6.28. The average molecular weight is 441 g/mol. The lowest BCUT2D eigenvalue weighted by molar-refractivity contribution is -0.137. The number of carbonyl (C=O) groups is 2. The second kappa shape index (κ2) is 10.1. The molecule has 1 heterocycles. The van der Waals surface area contributed by atoms with Crippen molar-refractivity contribution in [2.24, 2.45) is 0 Å². The van der Waals surface area contributed by atoms with Gasteiger partial charge in [-0.25, -0.2) is 4.79 Å². The monoisotopic (exact) mass is 440 g/mol. The van der Waals surface area contributed by atoms with E-state index in [1.807, 2.05) is 19.0 Å². The Hall–Kier alpha value is -3.42. The van der Waals surface area contributed by atoms with Crippen LogP contribution in [-0.4, -0.2) is 44.0 Å². The van der Waals surface area contributed by atoms with Crippen LogP contribution in [0.3, 0.4) is 0 Å². The fourth-order valence-electron chi connectivity index (χ4n) is 2.66. The van der Waals surface area contributed by atoms with Gasteiger partial charge in [0.2, 0.25) is 0 Å². The molecular formula is C23H21ClN2O5. The van der Waals surface area contributed by atoms with E-state index < -0.39 is 11.9 Å². The molecule has 8 heteroatoms. The zero-order chi connectivity index (χ0) is 22.4. The Balaban J connectivity index is 1.74. The first-order valence-electron chi connectivity index (χ1n) is 9.46. The van der Waals surface area contributed by atoms with Crippen LogP contribution in [0, 0.1) is 0 Å². The molecule has 31 heavy (non-hydrogen) atoms. The lowest BCUT2D eigenvalue weighted by Gasteiger charge is -2.08. The maximum Gasteiger partial charge on any atom is 0.330 e. The number of benzene rings is 2. The van der Waals surface area contributed by atoms with Gasteiger partial charge >= 0.3 is 5.97 Å². The molecule has 1 N–H and O–H groups in total. The van der Waals surface area contributed by atoms with Crippen LogP contribution in [0.5, 0.6) is 0 Å². The molecule has 0 unspecified atom stereocenters. The van der Waals surface area contributed by atoms with Crippen molar-refractivity contribution in [3.63, 3.8) is 0 Å². The number of esters is 1. The van der Waals surface area contributed by atoms with Gasteiger partial charge in [0.05, 0.1) is 5.39 Å². The van der Waals surface area contributed by atoms with Gasteiger partial charge in [0, 0.05) is 29.4 Å². The fraction of sp³-hybridized carbons (Fsp3) is 0.174. The minimum Gasteiger partial charge on any atom is -0.461 e. The Morgan fingerprint density at radius 1 is 1.13 bits per heavy atom. The van der Waals surface area contributed by atoms with E-state index in [0.717, 1.165) is 6.07 Å². The van der Waals surface area contributed by atoms with Gasteiger partial charge in [0.15, 0.2) is 11.2 Å². The van der Waals surface area contributed by atoms with Gasteiger partial charge in [-0.05, 0) is 62.1 Å². The average Bonchev–Trinajstić information content (AvgIpc) is 2.73. The number of fused-ring (bicyclic) bond motifs is 1. The summed E-state index contributed by atoms with van der Waals surface area (Å²) >= 11 is 5.83. The van der Waals surface area contributed by atoms with E-state index in [9.17, 15) is 14.4 Å². The van der Waals surface area contributed by atoms with E-state index in [4.69, 9.17) is 20.8 Å². The fourth-order valence-corrected chi connectivity index (χ4v) is 2.78. The molecular weight excluding hydrogens is 420 g/mol.